The van der Waals surface area contributed by atoms with Gasteiger partial charge in [0.15, 0.2) is 0 Å². The second kappa shape index (κ2) is 7.67. The molecule has 8 heteroatoms. The molecule has 0 saturated carbocycles. The highest BCUT2D eigenvalue weighted by molar-refractivity contribution is 7.10. The number of carbonyl (C=O) groups excluding carboxylic acids is 1. The zero-order valence-electron chi connectivity index (χ0n) is 13.1. The van der Waals surface area contributed by atoms with E-state index in [1.165, 1.54) is 11.2 Å². The van der Waals surface area contributed by atoms with Crippen molar-refractivity contribution in [2.24, 2.45) is 0 Å². The van der Waals surface area contributed by atoms with Gasteiger partial charge in [0.05, 0.1) is 19.3 Å². The highest BCUT2D eigenvalue weighted by Gasteiger charge is 2.25. The number of hydrogen-bond acceptors (Lipinski definition) is 6. The topological polar surface area (TPSA) is 72.3 Å². The minimum atomic E-state index is -0.369. The van der Waals surface area contributed by atoms with Crippen LogP contribution >= 0.6 is 11.3 Å². The number of aromatic nitrogens is 3. The van der Waals surface area contributed by atoms with E-state index in [0.29, 0.717) is 6.54 Å². The second-order valence-corrected chi connectivity index (χ2v) is 6.46. The average Bonchev–Trinajstić information content (AvgIpc) is 3.29. The molecule has 1 aliphatic heterocycles. The summed E-state index contributed by atoms with van der Waals surface area (Å²) in [6.07, 6.45) is 2.99. The van der Waals surface area contributed by atoms with Crippen molar-refractivity contribution in [3.63, 3.8) is 0 Å². The van der Waals surface area contributed by atoms with Crippen LogP contribution in [0.5, 0.6) is 0 Å². The van der Waals surface area contributed by atoms with Crippen LogP contribution in [0.15, 0.2) is 30.2 Å². The molecule has 1 N–H and O–H groups in total. The van der Waals surface area contributed by atoms with Gasteiger partial charge in [0.2, 0.25) is 5.91 Å². The Morgan fingerprint density at radius 1 is 1.48 bits per heavy atom. The molecule has 0 aliphatic carbocycles. The van der Waals surface area contributed by atoms with Crippen molar-refractivity contribution in [3.05, 3.63) is 35.0 Å². The third-order valence-electron chi connectivity index (χ3n) is 4.04. The highest BCUT2D eigenvalue weighted by atomic mass is 32.1. The average molecular weight is 335 g/mol. The Balaban J connectivity index is 1.63. The van der Waals surface area contributed by atoms with E-state index in [9.17, 15) is 4.79 Å². The normalized spacial score (nSPS) is 18.5. The minimum Gasteiger partial charge on any atom is -0.379 e. The molecular weight excluding hydrogens is 314 g/mol. The Morgan fingerprint density at radius 3 is 2.96 bits per heavy atom. The molecule has 1 fully saturated rings. The molecule has 23 heavy (non-hydrogen) atoms. The van der Waals surface area contributed by atoms with Crippen LogP contribution in [-0.4, -0.2) is 58.4 Å². The van der Waals surface area contributed by atoms with Crippen molar-refractivity contribution in [2.75, 3.05) is 32.8 Å². The Bertz CT molecular complexity index is 595. The lowest BCUT2D eigenvalue weighted by atomic mass is 10.2. The predicted octanol–water partition coefficient (Wildman–Crippen LogP) is 1.09. The fourth-order valence-corrected chi connectivity index (χ4v) is 3.52. The molecule has 0 unspecified atom stereocenters. The summed E-state index contributed by atoms with van der Waals surface area (Å²) in [7, 11) is 0. The number of hydrogen-bond donors (Lipinski definition) is 1. The summed E-state index contributed by atoms with van der Waals surface area (Å²) < 4.78 is 7.00. The first-order valence-electron chi connectivity index (χ1n) is 7.72. The van der Waals surface area contributed by atoms with E-state index in [0.717, 1.165) is 26.3 Å². The van der Waals surface area contributed by atoms with Crippen LogP contribution in [0.1, 0.15) is 23.9 Å². The maximum absolute atomic E-state index is 12.4. The number of amides is 1. The van der Waals surface area contributed by atoms with Crippen molar-refractivity contribution in [1.82, 2.24) is 25.0 Å². The van der Waals surface area contributed by atoms with E-state index in [2.05, 4.69) is 31.7 Å². The number of nitrogens with one attached hydrogen (secondary N) is 1. The van der Waals surface area contributed by atoms with Crippen molar-refractivity contribution in [1.29, 1.82) is 0 Å². The van der Waals surface area contributed by atoms with Gasteiger partial charge in [-0.25, -0.2) is 9.67 Å². The fraction of sp³-hybridized carbons (Fsp3) is 0.533. The molecule has 1 aliphatic rings. The predicted molar refractivity (Wildman–Crippen MR) is 87.2 cm³/mol. The monoisotopic (exact) mass is 335 g/mol. The molecular formula is C15H21N5O2S. The standard InChI is InChI=1S/C15H21N5O2S/c1-12(20-11-16-10-18-20)15(21)17-9-13(14-3-2-8-23-14)19-4-6-22-7-5-19/h2-3,8,10-13H,4-7,9H2,1H3,(H,17,21)/t12-,13+/m0/s1. The number of thiophene rings is 1. The van der Waals surface area contributed by atoms with Gasteiger partial charge >= 0.3 is 0 Å². The molecule has 0 aromatic carbocycles. The van der Waals surface area contributed by atoms with Crippen molar-refractivity contribution < 1.29 is 9.53 Å². The molecule has 1 amide bonds. The Hall–Kier alpha value is -1.77. The largest absolute Gasteiger partial charge is 0.379 e. The SMILES string of the molecule is C[C@@H](C(=O)NC[C@H](c1cccs1)N1CCOCC1)n1cncn1. The van der Waals surface area contributed by atoms with Gasteiger partial charge in [-0.05, 0) is 18.4 Å². The van der Waals surface area contributed by atoms with Crippen molar-refractivity contribution >= 4 is 17.2 Å². The molecule has 2 aromatic rings. The van der Waals surface area contributed by atoms with Crippen LogP contribution in [0.4, 0.5) is 0 Å². The van der Waals surface area contributed by atoms with Gasteiger partial charge in [-0.1, -0.05) is 6.07 Å². The van der Waals surface area contributed by atoms with Gasteiger partial charge in [-0.2, -0.15) is 5.10 Å². The lowest BCUT2D eigenvalue weighted by Gasteiger charge is -2.34. The molecule has 2 atom stereocenters. The third kappa shape index (κ3) is 3.95. The van der Waals surface area contributed by atoms with Crippen LogP contribution < -0.4 is 5.32 Å². The second-order valence-electron chi connectivity index (χ2n) is 5.48. The van der Waals surface area contributed by atoms with Gasteiger partial charge in [-0.3, -0.25) is 9.69 Å². The molecule has 3 rings (SSSR count). The number of nitrogens with zero attached hydrogens (tertiary/aromatic N) is 4. The summed E-state index contributed by atoms with van der Waals surface area (Å²) >= 11 is 1.72. The third-order valence-corrected chi connectivity index (χ3v) is 5.01. The minimum absolute atomic E-state index is 0.0506. The highest BCUT2D eigenvalue weighted by Crippen LogP contribution is 2.25. The number of ether oxygens (including phenoxy) is 1. The van der Waals surface area contributed by atoms with E-state index >= 15 is 0 Å². The molecule has 0 bridgehead atoms. The summed E-state index contributed by atoms with van der Waals surface area (Å²) in [5.41, 5.74) is 0. The van der Waals surface area contributed by atoms with E-state index in [-0.39, 0.29) is 18.0 Å². The van der Waals surface area contributed by atoms with E-state index in [1.54, 1.807) is 22.3 Å². The smallest absolute Gasteiger partial charge is 0.244 e. The van der Waals surface area contributed by atoms with Crippen LogP contribution in [0, 0.1) is 0 Å². The number of carbonyl (C=O) groups is 1. The molecule has 0 spiro atoms. The lowest BCUT2D eigenvalue weighted by molar-refractivity contribution is -0.124. The first-order valence-corrected chi connectivity index (χ1v) is 8.60. The fourth-order valence-electron chi connectivity index (χ4n) is 2.66. The van der Waals surface area contributed by atoms with Gasteiger partial charge in [0, 0.05) is 24.5 Å². The molecule has 2 aromatic heterocycles. The molecule has 7 nitrogen and oxygen atoms in total. The Morgan fingerprint density at radius 2 is 2.30 bits per heavy atom. The molecule has 1 saturated heterocycles. The summed E-state index contributed by atoms with van der Waals surface area (Å²) in [5.74, 6) is -0.0506. The summed E-state index contributed by atoms with van der Waals surface area (Å²) in [5, 5.41) is 9.15. The quantitative estimate of drug-likeness (QED) is 0.855. The van der Waals surface area contributed by atoms with Gasteiger partial charge in [-0.15, -0.1) is 11.3 Å². The van der Waals surface area contributed by atoms with Gasteiger partial charge in [0.25, 0.3) is 0 Å². The summed E-state index contributed by atoms with van der Waals surface area (Å²) in [4.78, 5) is 19.9. The molecule has 0 radical (unpaired) electrons. The maximum atomic E-state index is 12.4. The summed E-state index contributed by atoms with van der Waals surface area (Å²) in [6.45, 7) is 5.65. The van der Waals surface area contributed by atoms with Crippen molar-refractivity contribution in [2.45, 2.75) is 19.0 Å². The van der Waals surface area contributed by atoms with Crippen LogP contribution in [-0.2, 0) is 9.53 Å². The Kier molecular flexibility index (Phi) is 5.37. The van der Waals surface area contributed by atoms with Gasteiger partial charge in [0.1, 0.15) is 18.7 Å². The van der Waals surface area contributed by atoms with E-state index in [4.69, 9.17) is 4.74 Å². The van der Waals surface area contributed by atoms with Crippen LogP contribution in [0.2, 0.25) is 0 Å². The number of rotatable bonds is 6. The first kappa shape index (κ1) is 16.1. The number of morpholine rings is 1. The lowest BCUT2D eigenvalue weighted by Crippen LogP contribution is -2.44. The Labute approximate surface area is 139 Å². The molecule has 124 valence electrons. The zero-order chi connectivity index (χ0) is 16.1. The molecule has 3 heterocycles. The van der Waals surface area contributed by atoms with Crippen LogP contribution in [0.3, 0.4) is 0 Å². The van der Waals surface area contributed by atoms with E-state index < -0.39 is 0 Å². The summed E-state index contributed by atoms with van der Waals surface area (Å²) in [6, 6.07) is 3.99. The van der Waals surface area contributed by atoms with E-state index in [1.807, 2.05) is 13.0 Å². The van der Waals surface area contributed by atoms with Crippen molar-refractivity contribution in [3.8, 4) is 0 Å². The van der Waals surface area contributed by atoms with Crippen LogP contribution in [0.25, 0.3) is 0 Å². The first-order chi connectivity index (χ1) is 11.3. The maximum Gasteiger partial charge on any atom is 0.244 e. The zero-order valence-corrected chi connectivity index (χ0v) is 13.9. The van der Waals surface area contributed by atoms with Gasteiger partial charge < -0.3 is 10.1 Å².